The Balaban J connectivity index is 1.67. The summed E-state index contributed by atoms with van der Waals surface area (Å²) < 4.78 is 0. The van der Waals surface area contributed by atoms with Crippen LogP contribution in [-0.4, -0.2) is 11.7 Å². The molecule has 1 atom stereocenters. The topological polar surface area (TPSA) is 46.2 Å². The molecule has 1 aromatic rings. The van der Waals surface area contributed by atoms with Gasteiger partial charge in [-0.25, -0.2) is 0 Å². The monoisotopic (exact) mass is 263 g/mol. The number of carbonyl (C=O) groups is 2. The largest absolute Gasteiger partial charge is 0.349 e. The molecule has 18 heavy (non-hydrogen) atoms. The van der Waals surface area contributed by atoms with Crippen molar-refractivity contribution in [1.82, 2.24) is 5.32 Å². The van der Waals surface area contributed by atoms with E-state index in [-0.39, 0.29) is 23.7 Å². The second kappa shape index (κ2) is 4.84. The highest BCUT2D eigenvalue weighted by Crippen LogP contribution is 2.35. The van der Waals surface area contributed by atoms with E-state index in [2.05, 4.69) is 5.32 Å². The summed E-state index contributed by atoms with van der Waals surface area (Å²) in [6.45, 7) is 0. The first-order valence-corrected chi connectivity index (χ1v) is 7.54. The van der Waals surface area contributed by atoms with Gasteiger partial charge >= 0.3 is 0 Å². The van der Waals surface area contributed by atoms with E-state index in [0.717, 1.165) is 36.1 Å². The zero-order valence-corrected chi connectivity index (χ0v) is 11.1. The third kappa shape index (κ3) is 2.09. The molecule has 4 heteroatoms. The molecule has 1 unspecified atom stereocenters. The van der Waals surface area contributed by atoms with Crippen molar-refractivity contribution in [3.63, 3.8) is 0 Å². The van der Waals surface area contributed by atoms with E-state index in [1.54, 1.807) is 0 Å². The first kappa shape index (κ1) is 11.9. The van der Waals surface area contributed by atoms with Gasteiger partial charge < -0.3 is 5.32 Å². The van der Waals surface area contributed by atoms with Gasteiger partial charge in [0, 0.05) is 12.3 Å². The molecule has 1 amide bonds. The van der Waals surface area contributed by atoms with Gasteiger partial charge in [0.15, 0.2) is 5.78 Å². The first-order chi connectivity index (χ1) is 8.75. The van der Waals surface area contributed by atoms with Crippen molar-refractivity contribution < 1.29 is 9.59 Å². The summed E-state index contributed by atoms with van der Waals surface area (Å²) in [5.41, 5.74) is 1.02. The van der Waals surface area contributed by atoms with Crippen LogP contribution in [0.5, 0.6) is 0 Å². The molecule has 2 aliphatic rings. The summed E-state index contributed by atoms with van der Waals surface area (Å²) in [5, 5.41) is 5.00. The third-order valence-corrected chi connectivity index (χ3v) is 4.98. The number of hydrogen-bond donors (Lipinski definition) is 1. The Morgan fingerprint density at radius 3 is 2.83 bits per heavy atom. The number of Topliss-reactive ketones (excluding diaryl/α,β-unsaturated/α-hetero) is 1. The number of nitrogens with one attached hydrogen (secondary N) is 1. The number of ketones is 1. The van der Waals surface area contributed by atoms with E-state index in [9.17, 15) is 9.59 Å². The van der Waals surface area contributed by atoms with Gasteiger partial charge in [0.05, 0.1) is 10.9 Å². The average molecular weight is 263 g/mol. The summed E-state index contributed by atoms with van der Waals surface area (Å²) in [5.74, 6) is 0.483. The number of hydrogen-bond acceptors (Lipinski definition) is 3. The molecule has 0 aliphatic heterocycles. The summed E-state index contributed by atoms with van der Waals surface area (Å²) in [7, 11) is 0. The van der Waals surface area contributed by atoms with Crippen LogP contribution in [0.1, 0.15) is 59.8 Å². The molecule has 3 rings (SSSR count). The molecule has 3 nitrogen and oxygen atoms in total. The van der Waals surface area contributed by atoms with Crippen molar-refractivity contribution in [2.45, 2.75) is 44.6 Å². The lowest BCUT2D eigenvalue weighted by Gasteiger charge is -2.22. The second-order valence-corrected chi connectivity index (χ2v) is 6.14. The van der Waals surface area contributed by atoms with Crippen LogP contribution in [-0.2, 0) is 4.79 Å². The lowest BCUT2D eigenvalue weighted by molar-refractivity contribution is -0.126. The second-order valence-electron chi connectivity index (χ2n) is 5.23. The molecule has 1 N–H and O–H groups in total. The number of thiophene rings is 1. The molecule has 0 bridgehead atoms. The summed E-state index contributed by atoms with van der Waals surface area (Å²) >= 11 is 1.49. The van der Waals surface area contributed by atoms with Crippen LogP contribution in [0.3, 0.4) is 0 Å². The normalized spacial score (nSPS) is 24.0. The van der Waals surface area contributed by atoms with Gasteiger partial charge in [-0.15, -0.1) is 11.3 Å². The minimum Gasteiger partial charge on any atom is -0.349 e. The Bertz CT molecular complexity index is 474. The zero-order chi connectivity index (χ0) is 12.5. The van der Waals surface area contributed by atoms with Crippen LogP contribution >= 0.6 is 11.3 Å². The quantitative estimate of drug-likeness (QED) is 0.891. The van der Waals surface area contributed by atoms with E-state index in [1.807, 2.05) is 11.4 Å². The summed E-state index contributed by atoms with van der Waals surface area (Å²) in [4.78, 5) is 24.8. The number of fused-ring (bicyclic) bond motifs is 1. The smallest absolute Gasteiger partial charge is 0.223 e. The number of carbonyl (C=O) groups excluding carboxylic acids is 2. The first-order valence-electron chi connectivity index (χ1n) is 6.66. The van der Waals surface area contributed by atoms with E-state index >= 15 is 0 Å². The highest BCUT2D eigenvalue weighted by atomic mass is 32.1. The highest BCUT2D eigenvalue weighted by Gasteiger charge is 2.33. The van der Waals surface area contributed by atoms with Crippen molar-refractivity contribution in [1.29, 1.82) is 0 Å². The van der Waals surface area contributed by atoms with Gasteiger partial charge in [0.25, 0.3) is 0 Å². The Kier molecular flexibility index (Phi) is 3.20. The Morgan fingerprint density at radius 2 is 2.06 bits per heavy atom. The lowest BCUT2D eigenvalue weighted by Crippen LogP contribution is -2.34. The van der Waals surface area contributed by atoms with Gasteiger partial charge in [0.1, 0.15) is 0 Å². The number of rotatable bonds is 2. The molecule has 1 aromatic heterocycles. The molecule has 1 fully saturated rings. The standard InChI is InChI=1S/C14H17NO2S/c16-12-8-11(10-6-7-18-13(10)12)15-14(17)9-4-2-1-3-5-9/h6-7,9,11H,1-5,8H2,(H,15,17). The minimum atomic E-state index is -0.0758. The predicted octanol–water partition coefficient (Wildman–Crippen LogP) is 3.07. The molecule has 0 saturated heterocycles. The van der Waals surface area contributed by atoms with Crippen molar-refractivity contribution >= 4 is 23.0 Å². The summed E-state index contributed by atoms with van der Waals surface area (Å²) in [6, 6.07) is 1.89. The fraction of sp³-hybridized carbons (Fsp3) is 0.571. The molecule has 0 radical (unpaired) electrons. The van der Waals surface area contributed by atoms with E-state index in [4.69, 9.17) is 0 Å². The van der Waals surface area contributed by atoms with Crippen molar-refractivity contribution in [2.24, 2.45) is 5.92 Å². The fourth-order valence-corrected chi connectivity index (χ4v) is 3.90. The maximum absolute atomic E-state index is 12.2. The average Bonchev–Trinajstić information content (AvgIpc) is 2.97. The fourth-order valence-electron chi connectivity index (χ4n) is 2.99. The predicted molar refractivity (Wildman–Crippen MR) is 70.7 cm³/mol. The van der Waals surface area contributed by atoms with Gasteiger partial charge in [-0.2, -0.15) is 0 Å². The van der Waals surface area contributed by atoms with Crippen molar-refractivity contribution in [3.05, 3.63) is 21.9 Å². The molecule has 2 aliphatic carbocycles. The Morgan fingerprint density at radius 1 is 1.28 bits per heavy atom. The highest BCUT2D eigenvalue weighted by molar-refractivity contribution is 7.12. The molecule has 96 valence electrons. The van der Waals surface area contributed by atoms with E-state index in [1.165, 1.54) is 17.8 Å². The SMILES string of the molecule is O=C1CC(NC(=O)C2CCCCC2)c2ccsc21. The summed E-state index contributed by atoms with van der Waals surface area (Å²) in [6.07, 6.45) is 6.02. The van der Waals surface area contributed by atoms with Crippen LogP contribution in [0.25, 0.3) is 0 Å². The minimum absolute atomic E-state index is 0.0758. The van der Waals surface area contributed by atoms with Gasteiger partial charge in [0.2, 0.25) is 5.91 Å². The van der Waals surface area contributed by atoms with E-state index < -0.39 is 0 Å². The molecular formula is C14H17NO2S. The third-order valence-electron chi connectivity index (χ3n) is 4.01. The van der Waals surface area contributed by atoms with Crippen LogP contribution in [0.2, 0.25) is 0 Å². The number of amides is 1. The Labute approximate surface area is 111 Å². The lowest BCUT2D eigenvalue weighted by atomic mass is 9.88. The van der Waals surface area contributed by atoms with E-state index in [0.29, 0.717) is 6.42 Å². The van der Waals surface area contributed by atoms with Crippen LogP contribution < -0.4 is 5.32 Å². The zero-order valence-electron chi connectivity index (χ0n) is 10.3. The van der Waals surface area contributed by atoms with Crippen molar-refractivity contribution in [2.75, 3.05) is 0 Å². The maximum Gasteiger partial charge on any atom is 0.223 e. The van der Waals surface area contributed by atoms with Crippen LogP contribution in [0, 0.1) is 5.92 Å². The molecule has 1 heterocycles. The van der Waals surface area contributed by atoms with Crippen LogP contribution in [0.4, 0.5) is 0 Å². The van der Waals surface area contributed by atoms with Gasteiger partial charge in [-0.1, -0.05) is 19.3 Å². The van der Waals surface area contributed by atoms with Crippen LogP contribution in [0.15, 0.2) is 11.4 Å². The van der Waals surface area contributed by atoms with Gasteiger partial charge in [-0.3, -0.25) is 9.59 Å². The van der Waals surface area contributed by atoms with Crippen molar-refractivity contribution in [3.8, 4) is 0 Å². The molecule has 0 spiro atoms. The molecule has 0 aromatic carbocycles. The van der Waals surface area contributed by atoms with Gasteiger partial charge in [-0.05, 0) is 29.9 Å². The Hall–Kier alpha value is -1.16. The molecule has 1 saturated carbocycles. The molecular weight excluding hydrogens is 246 g/mol. The maximum atomic E-state index is 12.2.